The Morgan fingerprint density at radius 2 is 2.00 bits per heavy atom. The molecule has 0 spiro atoms. The number of hydrogen-bond acceptors (Lipinski definition) is 3. The van der Waals surface area contributed by atoms with Gasteiger partial charge in [-0.05, 0) is 18.2 Å². The topological polar surface area (TPSA) is 42.2 Å². The summed E-state index contributed by atoms with van der Waals surface area (Å²) >= 11 is 0. The van der Waals surface area contributed by atoms with Gasteiger partial charge in [-0.25, -0.2) is 0 Å². The third-order valence-corrected chi connectivity index (χ3v) is 1.88. The molecule has 14 heavy (non-hydrogen) atoms. The highest BCUT2D eigenvalue weighted by atomic mass is 19.3. The molecule has 0 saturated carbocycles. The molecule has 1 heterocycles. The van der Waals surface area contributed by atoms with Crippen LogP contribution in [0.4, 0.5) is 8.78 Å². The molecule has 0 unspecified atom stereocenters. The molecule has 5 heteroatoms. The van der Waals surface area contributed by atoms with E-state index in [0.29, 0.717) is 5.75 Å². The molecule has 3 nitrogen and oxygen atoms in total. The van der Waals surface area contributed by atoms with Crippen molar-refractivity contribution in [3.8, 4) is 17.6 Å². The number of halogens is 2. The van der Waals surface area contributed by atoms with Gasteiger partial charge >= 0.3 is 5.92 Å². The summed E-state index contributed by atoms with van der Waals surface area (Å²) in [5, 5.41) is 8.22. The summed E-state index contributed by atoms with van der Waals surface area (Å²) in [6, 6.07) is 4.55. The van der Waals surface area contributed by atoms with E-state index in [9.17, 15) is 8.78 Å². The van der Waals surface area contributed by atoms with Crippen molar-refractivity contribution in [1.82, 2.24) is 0 Å². The predicted octanol–water partition coefficient (Wildman–Crippen LogP) is 2.03. The minimum absolute atomic E-state index is 0.0247. The van der Waals surface area contributed by atoms with Gasteiger partial charge in [0.1, 0.15) is 6.07 Å². The second-order valence-corrected chi connectivity index (χ2v) is 2.75. The number of ether oxygens (including phenoxy) is 2. The minimum Gasteiger partial charge on any atom is -0.454 e. The lowest BCUT2D eigenvalue weighted by Gasteiger charge is -2.07. The Bertz CT molecular complexity index is 412. The third-order valence-electron chi connectivity index (χ3n) is 1.88. The standard InChI is InChI=1S/C9H5F2NO2/c10-9(11,4-12)6-1-2-7-8(3-6)14-5-13-7/h1-3H,5H2. The van der Waals surface area contributed by atoms with Gasteiger partial charge in [-0.15, -0.1) is 0 Å². The first-order valence-electron chi connectivity index (χ1n) is 3.83. The zero-order valence-electron chi connectivity index (χ0n) is 6.96. The van der Waals surface area contributed by atoms with E-state index in [4.69, 9.17) is 14.7 Å². The normalized spacial score (nSPS) is 13.8. The summed E-state index contributed by atoms with van der Waals surface area (Å²) in [6.07, 6.45) is 0. The van der Waals surface area contributed by atoms with E-state index < -0.39 is 5.92 Å². The van der Waals surface area contributed by atoms with Gasteiger partial charge in [0.25, 0.3) is 0 Å². The number of fused-ring (bicyclic) bond motifs is 1. The molecule has 2 rings (SSSR count). The number of nitriles is 1. The van der Waals surface area contributed by atoms with Crippen molar-refractivity contribution in [2.45, 2.75) is 5.92 Å². The van der Waals surface area contributed by atoms with Crippen LogP contribution in [-0.2, 0) is 5.92 Å². The largest absolute Gasteiger partial charge is 0.454 e. The van der Waals surface area contributed by atoms with Crippen molar-refractivity contribution in [3.05, 3.63) is 23.8 Å². The molecule has 0 fully saturated rings. The molecule has 72 valence electrons. The number of rotatable bonds is 1. The van der Waals surface area contributed by atoms with Crippen LogP contribution < -0.4 is 9.47 Å². The Morgan fingerprint density at radius 1 is 1.29 bits per heavy atom. The second kappa shape index (κ2) is 2.84. The van der Waals surface area contributed by atoms with Crippen molar-refractivity contribution in [1.29, 1.82) is 5.26 Å². The Morgan fingerprint density at radius 3 is 2.71 bits per heavy atom. The average Bonchev–Trinajstić information content (AvgIpc) is 2.64. The van der Waals surface area contributed by atoms with Gasteiger partial charge in [-0.2, -0.15) is 14.0 Å². The molecule has 0 aromatic heterocycles. The molecule has 0 aliphatic carbocycles. The zero-order valence-corrected chi connectivity index (χ0v) is 6.96. The van der Waals surface area contributed by atoms with Gasteiger partial charge in [0, 0.05) is 5.56 Å². The predicted molar refractivity (Wildman–Crippen MR) is 42.1 cm³/mol. The zero-order chi connectivity index (χ0) is 10.2. The van der Waals surface area contributed by atoms with Crippen LogP contribution in [0.15, 0.2) is 18.2 Å². The molecule has 1 aliphatic heterocycles. The molecule has 0 radical (unpaired) electrons. The summed E-state index contributed by atoms with van der Waals surface area (Å²) in [4.78, 5) is 0. The van der Waals surface area contributed by atoms with Crippen LogP contribution in [0.5, 0.6) is 11.5 Å². The maximum atomic E-state index is 12.9. The smallest absolute Gasteiger partial charge is 0.357 e. The highest BCUT2D eigenvalue weighted by Crippen LogP contribution is 2.37. The van der Waals surface area contributed by atoms with Crippen LogP contribution in [0.2, 0.25) is 0 Å². The van der Waals surface area contributed by atoms with E-state index in [1.54, 1.807) is 0 Å². The van der Waals surface area contributed by atoms with Gasteiger partial charge in [0.2, 0.25) is 6.79 Å². The van der Waals surface area contributed by atoms with E-state index in [-0.39, 0.29) is 18.1 Å². The number of alkyl halides is 2. The Balaban J connectivity index is 2.44. The first kappa shape index (κ1) is 8.75. The molecule has 0 atom stereocenters. The van der Waals surface area contributed by atoms with Crippen LogP contribution in [0.25, 0.3) is 0 Å². The summed E-state index contributed by atoms with van der Waals surface area (Å²) < 4.78 is 35.7. The highest BCUT2D eigenvalue weighted by Gasteiger charge is 2.32. The molecule has 1 aliphatic rings. The van der Waals surface area contributed by atoms with Crippen molar-refractivity contribution >= 4 is 0 Å². The van der Waals surface area contributed by atoms with Gasteiger partial charge in [-0.1, -0.05) is 0 Å². The number of hydrogen-bond donors (Lipinski definition) is 0. The van der Waals surface area contributed by atoms with Crippen LogP contribution in [0.3, 0.4) is 0 Å². The summed E-state index contributed by atoms with van der Waals surface area (Å²) in [6.45, 7) is 0.0247. The second-order valence-electron chi connectivity index (χ2n) is 2.75. The van der Waals surface area contributed by atoms with E-state index in [1.165, 1.54) is 6.07 Å². The lowest BCUT2D eigenvalue weighted by atomic mass is 10.1. The fraction of sp³-hybridized carbons (Fsp3) is 0.222. The van der Waals surface area contributed by atoms with E-state index in [0.717, 1.165) is 18.2 Å². The van der Waals surface area contributed by atoms with E-state index in [2.05, 4.69) is 0 Å². The fourth-order valence-electron chi connectivity index (χ4n) is 1.16. The van der Waals surface area contributed by atoms with Crippen molar-refractivity contribution in [3.63, 3.8) is 0 Å². The van der Waals surface area contributed by atoms with Crippen LogP contribution in [-0.4, -0.2) is 6.79 Å². The number of nitrogens with zero attached hydrogens (tertiary/aromatic N) is 1. The Labute approximate surface area is 78.5 Å². The van der Waals surface area contributed by atoms with E-state index >= 15 is 0 Å². The van der Waals surface area contributed by atoms with Gasteiger partial charge in [-0.3, -0.25) is 0 Å². The lowest BCUT2D eigenvalue weighted by molar-refractivity contribution is 0.0610. The van der Waals surface area contributed by atoms with Gasteiger partial charge in [0.05, 0.1) is 0 Å². The van der Waals surface area contributed by atoms with Crippen molar-refractivity contribution in [2.24, 2.45) is 0 Å². The fourth-order valence-corrected chi connectivity index (χ4v) is 1.16. The first-order chi connectivity index (χ1) is 6.63. The Kier molecular flexibility index (Phi) is 1.78. The van der Waals surface area contributed by atoms with Crippen molar-refractivity contribution in [2.75, 3.05) is 6.79 Å². The summed E-state index contributed by atoms with van der Waals surface area (Å²) in [7, 11) is 0. The van der Waals surface area contributed by atoms with Gasteiger partial charge < -0.3 is 9.47 Å². The highest BCUT2D eigenvalue weighted by molar-refractivity contribution is 5.46. The molecule has 0 N–H and O–H groups in total. The molecule has 0 saturated heterocycles. The first-order valence-corrected chi connectivity index (χ1v) is 3.83. The van der Waals surface area contributed by atoms with Crippen LogP contribution in [0, 0.1) is 11.3 Å². The van der Waals surface area contributed by atoms with Crippen molar-refractivity contribution < 1.29 is 18.3 Å². The maximum Gasteiger partial charge on any atom is 0.357 e. The monoisotopic (exact) mass is 197 g/mol. The minimum atomic E-state index is -3.49. The Hall–Kier alpha value is -1.83. The molecule has 1 aromatic carbocycles. The quantitative estimate of drug-likeness (QED) is 0.691. The van der Waals surface area contributed by atoms with Crippen LogP contribution in [0.1, 0.15) is 5.56 Å². The molecular weight excluding hydrogens is 192 g/mol. The molecular formula is C9H5F2NO2. The molecule has 0 amide bonds. The van der Waals surface area contributed by atoms with Gasteiger partial charge in [0.15, 0.2) is 11.5 Å². The van der Waals surface area contributed by atoms with Crippen LogP contribution >= 0.6 is 0 Å². The van der Waals surface area contributed by atoms with E-state index in [1.807, 2.05) is 0 Å². The molecule has 0 bridgehead atoms. The third kappa shape index (κ3) is 1.25. The number of benzene rings is 1. The average molecular weight is 197 g/mol. The molecule has 1 aromatic rings. The lowest BCUT2D eigenvalue weighted by Crippen LogP contribution is -2.09. The maximum absolute atomic E-state index is 12.9. The summed E-state index contributed by atoms with van der Waals surface area (Å²) in [5.41, 5.74) is -0.385. The SMILES string of the molecule is N#CC(F)(F)c1ccc2c(c1)OCO2. The summed E-state index contributed by atoms with van der Waals surface area (Å²) in [5.74, 6) is -2.82.